The summed E-state index contributed by atoms with van der Waals surface area (Å²) in [5, 5.41) is 16.2. The van der Waals surface area contributed by atoms with Crippen molar-refractivity contribution in [3.05, 3.63) is 40.4 Å². The fourth-order valence-electron chi connectivity index (χ4n) is 1.69. The summed E-state index contributed by atoms with van der Waals surface area (Å²) in [7, 11) is 0. The van der Waals surface area contributed by atoms with Crippen LogP contribution in [0.5, 0.6) is 0 Å². The van der Waals surface area contributed by atoms with Gasteiger partial charge in [-0.25, -0.2) is 15.0 Å². The molecule has 11 heteroatoms. The second kappa shape index (κ2) is 7.19. The van der Waals surface area contributed by atoms with Crippen molar-refractivity contribution in [3.8, 4) is 0 Å². The molecule has 0 fully saturated rings. The van der Waals surface area contributed by atoms with Crippen LogP contribution in [0.3, 0.4) is 0 Å². The summed E-state index contributed by atoms with van der Waals surface area (Å²) in [4.78, 5) is 35.8. The second-order valence-electron chi connectivity index (χ2n) is 4.52. The predicted molar refractivity (Wildman–Crippen MR) is 89.1 cm³/mol. The van der Waals surface area contributed by atoms with Crippen LogP contribution in [0.1, 0.15) is 21.3 Å². The smallest absolute Gasteiger partial charge is 0.295 e. The van der Waals surface area contributed by atoms with Crippen molar-refractivity contribution in [2.75, 3.05) is 10.6 Å². The number of nitrogens with one attached hydrogen (secondary N) is 2. The third-order valence-electron chi connectivity index (χ3n) is 2.66. The van der Waals surface area contributed by atoms with Gasteiger partial charge in [0.25, 0.3) is 5.91 Å². The average Bonchev–Trinajstić information content (AvgIpc) is 3.17. The molecule has 0 aromatic carbocycles. The van der Waals surface area contributed by atoms with E-state index in [1.807, 2.05) is 0 Å². The van der Waals surface area contributed by atoms with Crippen LogP contribution in [0.2, 0.25) is 0 Å². The van der Waals surface area contributed by atoms with Crippen molar-refractivity contribution >= 4 is 44.8 Å². The first-order valence-electron chi connectivity index (χ1n) is 6.73. The summed E-state index contributed by atoms with van der Waals surface area (Å²) in [5.41, 5.74) is 0.544. The van der Waals surface area contributed by atoms with Gasteiger partial charge >= 0.3 is 0 Å². The fraction of sp³-hybridized carbons (Fsp3) is 0.154. The molecule has 122 valence electrons. The van der Waals surface area contributed by atoms with Gasteiger partial charge in [-0.2, -0.15) is 0 Å². The van der Waals surface area contributed by atoms with Crippen LogP contribution in [0.15, 0.2) is 23.8 Å². The molecule has 3 heterocycles. The molecule has 2 N–H and O–H groups in total. The summed E-state index contributed by atoms with van der Waals surface area (Å²) >= 11 is 2.52. The molecule has 3 aromatic heterocycles. The van der Waals surface area contributed by atoms with Crippen molar-refractivity contribution in [1.29, 1.82) is 0 Å². The lowest BCUT2D eigenvalue weighted by molar-refractivity contribution is -0.115. The molecule has 3 aromatic rings. The number of anilines is 2. The minimum absolute atomic E-state index is 0.0543. The zero-order valence-corrected chi connectivity index (χ0v) is 14.0. The van der Waals surface area contributed by atoms with Gasteiger partial charge in [0.15, 0.2) is 5.13 Å². The van der Waals surface area contributed by atoms with E-state index < -0.39 is 5.91 Å². The Hall–Kier alpha value is -2.79. The van der Waals surface area contributed by atoms with Crippen molar-refractivity contribution in [1.82, 2.24) is 25.1 Å². The summed E-state index contributed by atoms with van der Waals surface area (Å²) in [6.45, 7) is 1.80. The Labute approximate surface area is 144 Å². The van der Waals surface area contributed by atoms with E-state index in [-0.39, 0.29) is 18.2 Å². The summed E-state index contributed by atoms with van der Waals surface area (Å²) in [5.74, 6) is -0.648. The van der Waals surface area contributed by atoms with Crippen LogP contribution in [-0.2, 0) is 11.2 Å². The number of nitrogens with zero attached hydrogens (tertiary/aromatic N) is 5. The van der Waals surface area contributed by atoms with Crippen LogP contribution in [-0.4, -0.2) is 37.0 Å². The van der Waals surface area contributed by atoms with Crippen LogP contribution >= 0.6 is 22.7 Å². The molecular formula is C13H11N7O2S2. The monoisotopic (exact) mass is 361 g/mol. The second-order valence-corrected chi connectivity index (χ2v) is 6.56. The maximum Gasteiger partial charge on any atom is 0.295 e. The van der Waals surface area contributed by atoms with Gasteiger partial charge in [0.05, 0.1) is 12.1 Å². The number of amides is 2. The van der Waals surface area contributed by atoms with Crippen molar-refractivity contribution in [3.63, 3.8) is 0 Å². The van der Waals surface area contributed by atoms with Gasteiger partial charge in [-0.05, 0) is 13.0 Å². The summed E-state index contributed by atoms with van der Waals surface area (Å²) in [6, 6.07) is 1.62. The van der Waals surface area contributed by atoms with E-state index in [9.17, 15) is 9.59 Å². The number of rotatable bonds is 5. The number of hydrogen-bond donors (Lipinski definition) is 2. The average molecular weight is 361 g/mol. The normalized spacial score (nSPS) is 10.4. The Morgan fingerprint density at radius 2 is 1.92 bits per heavy atom. The predicted octanol–water partition coefficient (Wildman–Crippen LogP) is 1.53. The highest BCUT2D eigenvalue weighted by Crippen LogP contribution is 2.18. The molecule has 0 unspecified atom stereocenters. The van der Waals surface area contributed by atoms with Crippen LogP contribution in [0.4, 0.5) is 10.3 Å². The van der Waals surface area contributed by atoms with E-state index in [1.54, 1.807) is 18.4 Å². The van der Waals surface area contributed by atoms with Gasteiger partial charge < -0.3 is 5.32 Å². The number of thiazole rings is 1. The molecule has 0 aliphatic heterocycles. The number of hydrogen-bond acceptors (Lipinski definition) is 9. The first kappa shape index (κ1) is 16.1. The van der Waals surface area contributed by atoms with Gasteiger partial charge in [0.1, 0.15) is 5.01 Å². The number of aromatic nitrogens is 5. The number of carbonyl (C=O) groups excluding carboxylic acids is 2. The molecule has 0 radical (unpaired) electrons. The lowest BCUT2D eigenvalue weighted by atomic mass is 10.3. The zero-order valence-electron chi connectivity index (χ0n) is 12.4. The molecule has 0 spiro atoms. The van der Waals surface area contributed by atoms with E-state index in [4.69, 9.17) is 0 Å². The van der Waals surface area contributed by atoms with Crippen molar-refractivity contribution in [2.24, 2.45) is 0 Å². The standard InChI is InChI=1S/C13H11N7O2S2/c1-7-19-20-13(24-7)17-9(21)5-8-6-23-12(16-8)18-11(22)10-14-3-2-4-15-10/h2-4,6H,5H2,1H3,(H,16,18,22)(H,17,20,21). The van der Waals surface area contributed by atoms with Crippen molar-refractivity contribution in [2.45, 2.75) is 13.3 Å². The lowest BCUT2D eigenvalue weighted by Gasteiger charge is -1.99. The van der Waals surface area contributed by atoms with Gasteiger partial charge in [-0.3, -0.25) is 14.9 Å². The molecule has 0 saturated carbocycles. The van der Waals surface area contributed by atoms with E-state index in [0.29, 0.717) is 16.0 Å². The van der Waals surface area contributed by atoms with E-state index >= 15 is 0 Å². The van der Waals surface area contributed by atoms with Gasteiger partial charge in [0, 0.05) is 17.8 Å². The van der Waals surface area contributed by atoms with Gasteiger partial charge in [0.2, 0.25) is 16.9 Å². The third kappa shape index (κ3) is 4.14. The van der Waals surface area contributed by atoms with E-state index in [1.165, 1.54) is 35.1 Å². The first-order valence-corrected chi connectivity index (χ1v) is 8.42. The molecule has 2 amide bonds. The van der Waals surface area contributed by atoms with Crippen LogP contribution in [0, 0.1) is 6.92 Å². The maximum atomic E-state index is 11.9. The quantitative estimate of drug-likeness (QED) is 0.706. The molecule has 24 heavy (non-hydrogen) atoms. The Balaban J connectivity index is 1.57. The molecule has 0 saturated heterocycles. The molecule has 0 atom stereocenters. The molecular weight excluding hydrogens is 350 g/mol. The SMILES string of the molecule is Cc1nnc(NC(=O)Cc2csc(NC(=O)c3ncccn3)n2)s1. The lowest BCUT2D eigenvalue weighted by Crippen LogP contribution is -2.16. The largest absolute Gasteiger partial charge is 0.300 e. The molecule has 0 aliphatic carbocycles. The highest BCUT2D eigenvalue weighted by Gasteiger charge is 2.13. The molecule has 3 rings (SSSR count). The Morgan fingerprint density at radius 3 is 2.62 bits per heavy atom. The summed E-state index contributed by atoms with van der Waals surface area (Å²) in [6.07, 6.45) is 3.04. The van der Waals surface area contributed by atoms with E-state index in [2.05, 4.69) is 35.8 Å². The summed E-state index contributed by atoms with van der Waals surface area (Å²) < 4.78 is 0. The van der Waals surface area contributed by atoms with E-state index in [0.717, 1.165) is 5.01 Å². The Morgan fingerprint density at radius 1 is 1.12 bits per heavy atom. The molecule has 0 bridgehead atoms. The Bertz CT molecular complexity index is 862. The minimum atomic E-state index is -0.453. The maximum absolute atomic E-state index is 11.9. The fourth-order valence-corrected chi connectivity index (χ4v) is 3.00. The van der Waals surface area contributed by atoms with Gasteiger partial charge in [-0.1, -0.05) is 11.3 Å². The number of carbonyl (C=O) groups is 2. The highest BCUT2D eigenvalue weighted by atomic mass is 32.1. The highest BCUT2D eigenvalue weighted by molar-refractivity contribution is 7.15. The first-order chi connectivity index (χ1) is 11.6. The molecule has 9 nitrogen and oxygen atoms in total. The van der Waals surface area contributed by atoms with Crippen LogP contribution in [0.25, 0.3) is 0 Å². The van der Waals surface area contributed by atoms with Crippen LogP contribution < -0.4 is 10.6 Å². The molecule has 0 aliphatic rings. The number of aryl methyl sites for hydroxylation is 1. The third-order valence-corrected chi connectivity index (χ3v) is 4.22. The topological polar surface area (TPSA) is 123 Å². The van der Waals surface area contributed by atoms with Gasteiger partial charge in [-0.15, -0.1) is 21.5 Å². The minimum Gasteiger partial charge on any atom is -0.300 e. The van der Waals surface area contributed by atoms with Crippen molar-refractivity contribution < 1.29 is 9.59 Å². The Kier molecular flexibility index (Phi) is 4.82. The zero-order chi connectivity index (χ0) is 16.9.